The summed E-state index contributed by atoms with van der Waals surface area (Å²) in [4.78, 5) is 12.6. The van der Waals surface area contributed by atoms with E-state index in [1.807, 2.05) is 60.3 Å². The molecule has 0 saturated heterocycles. The molecule has 5 heteroatoms. The highest BCUT2D eigenvalue weighted by atomic mass is 35.5. The van der Waals surface area contributed by atoms with Gasteiger partial charge in [0.2, 0.25) is 5.91 Å². The molecule has 3 nitrogen and oxygen atoms in total. The highest BCUT2D eigenvalue weighted by molar-refractivity contribution is 6.33. The third kappa shape index (κ3) is 4.09. The fourth-order valence-electron chi connectivity index (χ4n) is 2.86. The second-order valence-corrected chi connectivity index (χ2v) is 6.29. The Kier molecular flexibility index (Phi) is 5.19. The Morgan fingerprint density at radius 2 is 1.88 bits per heavy atom. The second kappa shape index (κ2) is 7.53. The van der Waals surface area contributed by atoms with Gasteiger partial charge in [0.25, 0.3) is 0 Å². The van der Waals surface area contributed by atoms with Gasteiger partial charge < -0.3 is 9.88 Å². The van der Waals surface area contributed by atoms with Crippen molar-refractivity contribution in [3.63, 3.8) is 0 Å². The first-order valence-corrected chi connectivity index (χ1v) is 8.35. The Hall–Kier alpha value is -2.59. The molecule has 0 unspecified atom stereocenters. The summed E-state index contributed by atoms with van der Waals surface area (Å²) in [5, 5.41) is 2.95. The van der Waals surface area contributed by atoms with E-state index in [-0.39, 0.29) is 23.4 Å². The molecule has 2 aromatic carbocycles. The molecule has 0 radical (unpaired) electrons. The first-order valence-electron chi connectivity index (χ1n) is 7.97. The van der Waals surface area contributed by atoms with Crippen LogP contribution in [-0.4, -0.2) is 10.5 Å². The van der Waals surface area contributed by atoms with Crippen molar-refractivity contribution in [3.05, 3.63) is 89.0 Å². The number of hydrogen-bond acceptors (Lipinski definition) is 1. The minimum absolute atomic E-state index is 0.129. The summed E-state index contributed by atoms with van der Waals surface area (Å²) >= 11 is 5.99. The van der Waals surface area contributed by atoms with Crippen LogP contribution in [-0.2, 0) is 4.79 Å². The van der Waals surface area contributed by atoms with Gasteiger partial charge in [-0.2, -0.15) is 0 Å². The van der Waals surface area contributed by atoms with Gasteiger partial charge in [-0.05, 0) is 48.4 Å². The predicted molar refractivity (Wildman–Crippen MR) is 98.4 cm³/mol. The van der Waals surface area contributed by atoms with Crippen LogP contribution in [0.4, 0.5) is 10.1 Å². The van der Waals surface area contributed by atoms with Crippen LogP contribution in [0.3, 0.4) is 0 Å². The van der Waals surface area contributed by atoms with Crippen LogP contribution in [0.25, 0.3) is 0 Å². The molecule has 0 aliphatic carbocycles. The average Bonchev–Trinajstić information content (AvgIpc) is 3.10. The number of carbonyl (C=O) groups excluding carboxylic acids is 1. The minimum atomic E-state index is -0.437. The number of amides is 1. The number of hydrogen-bond donors (Lipinski definition) is 1. The summed E-state index contributed by atoms with van der Waals surface area (Å²) in [7, 11) is 0. The molecule has 3 aromatic rings. The van der Waals surface area contributed by atoms with Crippen molar-refractivity contribution in [1.29, 1.82) is 0 Å². The number of aryl methyl sites for hydroxylation is 1. The van der Waals surface area contributed by atoms with Gasteiger partial charge in [0, 0.05) is 12.4 Å². The largest absolute Gasteiger partial charge is 0.346 e. The SMILES string of the molecule is Cc1ccccc1[C@H](CC(=O)Nc1ccc(F)cc1Cl)n1cccc1. The monoisotopic (exact) mass is 356 g/mol. The van der Waals surface area contributed by atoms with Gasteiger partial charge in [-0.15, -0.1) is 0 Å². The topological polar surface area (TPSA) is 34.0 Å². The van der Waals surface area contributed by atoms with E-state index in [1.54, 1.807) is 0 Å². The zero-order valence-electron chi connectivity index (χ0n) is 13.7. The number of carbonyl (C=O) groups is 1. The van der Waals surface area contributed by atoms with E-state index in [9.17, 15) is 9.18 Å². The number of nitrogens with zero attached hydrogens (tertiary/aromatic N) is 1. The molecule has 0 aliphatic heterocycles. The lowest BCUT2D eigenvalue weighted by atomic mass is 9.98. The van der Waals surface area contributed by atoms with E-state index in [2.05, 4.69) is 5.32 Å². The van der Waals surface area contributed by atoms with Gasteiger partial charge in [-0.1, -0.05) is 35.9 Å². The lowest BCUT2D eigenvalue weighted by molar-refractivity contribution is -0.116. The highest BCUT2D eigenvalue weighted by Gasteiger charge is 2.19. The molecule has 25 heavy (non-hydrogen) atoms. The van der Waals surface area contributed by atoms with Crippen LogP contribution in [0.2, 0.25) is 5.02 Å². The fraction of sp³-hybridized carbons (Fsp3) is 0.150. The van der Waals surface area contributed by atoms with E-state index in [4.69, 9.17) is 11.6 Å². The number of halogens is 2. The first-order chi connectivity index (χ1) is 12.0. The standard InChI is InChI=1S/C20H18ClFN2O/c1-14-6-2-3-7-16(14)19(24-10-4-5-11-24)13-20(25)23-18-9-8-15(22)12-17(18)21/h2-12,19H,13H2,1H3,(H,23,25)/t19-/m0/s1. The number of nitrogens with one attached hydrogen (secondary N) is 1. The maximum Gasteiger partial charge on any atom is 0.226 e. The predicted octanol–water partition coefficient (Wildman–Crippen LogP) is 5.21. The molecule has 0 saturated carbocycles. The van der Waals surface area contributed by atoms with Gasteiger partial charge >= 0.3 is 0 Å². The van der Waals surface area contributed by atoms with E-state index in [0.717, 1.165) is 11.1 Å². The van der Waals surface area contributed by atoms with E-state index >= 15 is 0 Å². The number of rotatable bonds is 5. The van der Waals surface area contributed by atoms with Gasteiger partial charge in [0.1, 0.15) is 5.82 Å². The zero-order valence-corrected chi connectivity index (χ0v) is 14.5. The van der Waals surface area contributed by atoms with Crippen molar-refractivity contribution in [2.45, 2.75) is 19.4 Å². The smallest absolute Gasteiger partial charge is 0.226 e. The number of anilines is 1. The Morgan fingerprint density at radius 1 is 1.16 bits per heavy atom. The molecular weight excluding hydrogens is 339 g/mol. The molecule has 1 heterocycles. The van der Waals surface area contributed by atoms with Gasteiger partial charge in [0.05, 0.1) is 23.2 Å². The molecule has 1 atom stereocenters. The summed E-state index contributed by atoms with van der Waals surface area (Å²) in [5.41, 5.74) is 2.61. The molecule has 0 fully saturated rings. The van der Waals surface area contributed by atoms with Gasteiger partial charge in [-0.3, -0.25) is 4.79 Å². The summed E-state index contributed by atoms with van der Waals surface area (Å²) in [6.07, 6.45) is 4.12. The maximum atomic E-state index is 13.1. The summed E-state index contributed by atoms with van der Waals surface area (Å²) in [6.45, 7) is 2.03. The second-order valence-electron chi connectivity index (χ2n) is 5.88. The molecule has 0 aliphatic rings. The zero-order chi connectivity index (χ0) is 17.8. The van der Waals surface area contributed by atoms with E-state index < -0.39 is 5.82 Å². The summed E-state index contributed by atoms with van der Waals surface area (Å²) in [6, 6.07) is 15.6. The van der Waals surface area contributed by atoms with E-state index in [1.165, 1.54) is 18.2 Å². The molecular formula is C20H18ClFN2O. The molecule has 1 aromatic heterocycles. The van der Waals surface area contributed by atoms with Crippen molar-refractivity contribution >= 4 is 23.2 Å². The third-order valence-electron chi connectivity index (χ3n) is 4.12. The van der Waals surface area contributed by atoms with Crippen molar-refractivity contribution < 1.29 is 9.18 Å². The molecule has 1 amide bonds. The average molecular weight is 357 g/mol. The van der Waals surface area contributed by atoms with Crippen molar-refractivity contribution in [1.82, 2.24) is 4.57 Å². The molecule has 0 bridgehead atoms. The Bertz CT molecular complexity index is 877. The Morgan fingerprint density at radius 3 is 2.56 bits per heavy atom. The summed E-state index contributed by atoms with van der Waals surface area (Å²) in [5.74, 6) is -0.622. The third-order valence-corrected chi connectivity index (χ3v) is 4.43. The first kappa shape index (κ1) is 17.2. The van der Waals surface area contributed by atoms with Crippen molar-refractivity contribution in [3.8, 4) is 0 Å². The van der Waals surface area contributed by atoms with Gasteiger partial charge in [0.15, 0.2) is 0 Å². The lowest BCUT2D eigenvalue weighted by Gasteiger charge is -2.21. The molecule has 0 spiro atoms. The van der Waals surface area contributed by atoms with Crippen LogP contribution in [0.15, 0.2) is 67.0 Å². The Balaban J connectivity index is 1.83. The quantitative estimate of drug-likeness (QED) is 0.669. The fourth-order valence-corrected chi connectivity index (χ4v) is 3.07. The van der Waals surface area contributed by atoms with Crippen LogP contribution >= 0.6 is 11.6 Å². The highest BCUT2D eigenvalue weighted by Crippen LogP contribution is 2.27. The number of aromatic nitrogens is 1. The minimum Gasteiger partial charge on any atom is -0.346 e. The Labute approximate surface area is 151 Å². The van der Waals surface area contributed by atoms with Crippen LogP contribution < -0.4 is 5.32 Å². The van der Waals surface area contributed by atoms with Crippen molar-refractivity contribution in [2.75, 3.05) is 5.32 Å². The van der Waals surface area contributed by atoms with Crippen LogP contribution in [0.5, 0.6) is 0 Å². The van der Waals surface area contributed by atoms with Gasteiger partial charge in [-0.25, -0.2) is 4.39 Å². The summed E-state index contributed by atoms with van der Waals surface area (Å²) < 4.78 is 15.2. The van der Waals surface area contributed by atoms with E-state index in [0.29, 0.717) is 5.69 Å². The molecule has 128 valence electrons. The maximum absolute atomic E-state index is 13.1. The number of benzene rings is 2. The normalized spacial score (nSPS) is 12.0. The lowest BCUT2D eigenvalue weighted by Crippen LogP contribution is -2.20. The van der Waals surface area contributed by atoms with Crippen molar-refractivity contribution in [2.24, 2.45) is 0 Å². The van der Waals surface area contributed by atoms with Crippen LogP contribution in [0.1, 0.15) is 23.6 Å². The van der Waals surface area contributed by atoms with Crippen LogP contribution in [0, 0.1) is 12.7 Å². The molecule has 1 N–H and O–H groups in total. The molecule has 3 rings (SSSR count).